The first-order chi connectivity index (χ1) is 9.14. The third-order valence-corrected chi connectivity index (χ3v) is 3.34. The average Bonchev–Trinajstić information content (AvgIpc) is 2.57. The standard InChI is InChI=1S/C16H18O3/c1-19-15-12-14(17)8-5-10-16(15,18)11-9-13-6-3-2-4-7-13/h2-9,11,15,18H,10,12H2,1H3/b11-9-/t15-,16-/m1/s1. The van der Waals surface area contributed by atoms with Gasteiger partial charge in [-0.05, 0) is 17.7 Å². The number of methoxy groups -OCH3 is 1. The SMILES string of the molecule is CO[C@@H]1CC(=O)C=CC[C@@]1(O)/C=C\c1ccccc1. The van der Waals surface area contributed by atoms with Crippen LogP contribution in [-0.2, 0) is 9.53 Å². The third-order valence-electron chi connectivity index (χ3n) is 3.34. The molecule has 0 spiro atoms. The van der Waals surface area contributed by atoms with E-state index >= 15 is 0 Å². The van der Waals surface area contributed by atoms with Crippen LogP contribution in [0, 0.1) is 0 Å². The number of ketones is 1. The molecule has 0 amide bonds. The first kappa shape index (κ1) is 13.7. The van der Waals surface area contributed by atoms with Crippen LogP contribution < -0.4 is 0 Å². The van der Waals surface area contributed by atoms with Gasteiger partial charge in [0.1, 0.15) is 5.60 Å². The van der Waals surface area contributed by atoms with Crippen molar-refractivity contribution in [3.63, 3.8) is 0 Å². The second-order valence-corrected chi connectivity index (χ2v) is 4.74. The van der Waals surface area contributed by atoms with Gasteiger partial charge in [-0.25, -0.2) is 0 Å². The van der Waals surface area contributed by atoms with Gasteiger partial charge in [0.25, 0.3) is 0 Å². The number of carbonyl (C=O) groups excluding carboxylic acids is 1. The highest BCUT2D eigenvalue weighted by Gasteiger charge is 2.36. The lowest BCUT2D eigenvalue weighted by molar-refractivity contribution is -0.121. The lowest BCUT2D eigenvalue weighted by Crippen LogP contribution is -2.41. The smallest absolute Gasteiger partial charge is 0.158 e. The van der Waals surface area contributed by atoms with Gasteiger partial charge in [0, 0.05) is 20.0 Å². The van der Waals surface area contributed by atoms with Crippen molar-refractivity contribution in [2.24, 2.45) is 0 Å². The van der Waals surface area contributed by atoms with Gasteiger partial charge < -0.3 is 9.84 Å². The van der Waals surface area contributed by atoms with Gasteiger partial charge in [0.05, 0.1) is 6.10 Å². The number of hydrogen-bond acceptors (Lipinski definition) is 3. The fourth-order valence-electron chi connectivity index (χ4n) is 2.21. The summed E-state index contributed by atoms with van der Waals surface area (Å²) in [5.41, 5.74) is -0.141. The number of benzene rings is 1. The Morgan fingerprint density at radius 2 is 2.11 bits per heavy atom. The zero-order valence-electron chi connectivity index (χ0n) is 11.0. The molecule has 3 heteroatoms. The van der Waals surface area contributed by atoms with Crippen molar-refractivity contribution in [3.05, 3.63) is 54.1 Å². The molecular weight excluding hydrogens is 240 g/mol. The molecular formula is C16H18O3. The first-order valence-corrected chi connectivity index (χ1v) is 6.33. The Balaban J connectivity index is 2.22. The van der Waals surface area contributed by atoms with Gasteiger partial charge in [-0.1, -0.05) is 42.5 Å². The number of allylic oxidation sites excluding steroid dienone is 1. The van der Waals surface area contributed by atoms with Crippen LogP contribution in [0.4, 0.5) is 0 Å². The van der Waals surface area contributed by atoms with Gasteiger partial charge in [-0.3, -0.25) is 4.79 Å². The molecule has 2 atom stereocenters. The number of aliphatic hydroxyl groups is 1. The van der Waals surface area contributed by atoms with Gasteiger partial charge in [-0.2, -0.15) is 0 Å². The van der Waals surface area contributed by atoms with E-state index in [-0.39, 0.29) is 12.2 Å². The molecule has 1 aromatic carbocycles. The van der Waals surface area contributed by atoms with Crippen LogP contribution in [0.3, 0.4) is 0 Å². The third kappa shape index (κ3) is 3.40. The Morgan fingerprint density at radius 1 is 1.37 bits per heavy atom. The number of ether oxygens (including phenoxy) is 1. The largest absolute Gasteiger partial charge is 0.383 e. The van der Waals surface area contributed by atoms with Crippen LogP contribution in [0.15, 0.2) is 48.6 Å². The average molecular weight is 258 g/mol. The Hall–Kier alpha value is -1.71. The lowest BCUT2D eigenvalue weighted by Gasteiger charge is -2.30. The quantitative estimate of drug-likeness (QED) is 0.905. The second-order valence-electron chi connectivity index (χ2n) is 4.74. The number of carbonyl (C=O) groups is 1. The molecule has 0 bridgehead atoms. The van der Waals surface area contributed by atoms with Crippen molar-refractivity contribution >= 4 is 11.9 Å². The number of hydrogen-bond donors (Lipinski definition) is 1. The summed E-state index contributed by atoms with van der Waals surface area (Å²) in [7, 11) is 1.52. The summed E-state index contributed by atoms with van der Waals surface area (Å²) in [5, 5.41) is 10.7. The Kier molecular flexibility index (Phi) is 4.30. The summed E-state index contributed by atoms with van der Waals surface area (Å²) >= 11 is 0. The summed E-state index contributed by atoms with van der Waals surface area (Å²) in [6.07, 6.45) is 6.85. The predicted octanol–water partition coefficient (Wildman–Crippen LogP) is 2.37. The predicted molar refractivity (Wildman–Crippen MR) is 74.6 cm³/mol. The zero-order valence-corrected chi connectivity index (χ0v) is 11.0. The van der Waals surface area contributed by atoms with Crippen molar-refractivity contribution < 1.29 is 14.6 Å². The Morgan fingerprint density at radius 3 is 2.79 bits per heavy atom. The molecule has 0 unspecified atom stereocenters. The summed E-state index contributed by atoms with van der Waals surface area (Å²) in [4.78, 5) is 11.5. The van der Waals surface area contributed by atoms with E-state index in [1.807, 2.05) is 36.4 Å². The lowest BCUT2D eigenvalue weighted by atomic mass is 9.90. The zero-order chi connectivity index (χ0) is 13.7. The van der Waals surface area contributed by atoms with E-state index in [0.29, 0.717) is 6.42 Å². The Bertz CT molecular complexity index is 490. The summed E-state index contributed by atoms with van der Waals surface area (Å²) in [5.74, 6) is -0.0177. The summed E-state index contributed by atoms with van der Waals surface area (Å²) in [6, 6.07) is 9.73. The molecule has 3 nitrogen and oxygen atoms in total. The van der Waals surface area contributed by atoms with Gasteiger partial charge in [0.2, 0.25) is 0 Å². The molecule has 0 aromatic heterocycles. The molecule has 0 fully saturated rings. The van der Waals surface area contributed by atoms with E-state index in [0.717, 1.165) is 5.56 Å². The molecule has 19 heavy (non-hydrogen) atoms. The van der Waals surface area contributed by atoms with Crippen LogP contribution in [0.5, 0.6) is 0 Å². The van der Waals surface area contributed by atoms with Crippen molar-refractivity contribution in [1.29, 1.82) is 0 Å². The van der Waals surface area contributed by atoms with E-state index in [4.69, 9.17) is 4.74 Å². The molecule has 1 aliphatic rings. The highest BCUT2D eigenvalue weighted by Crippen LogP contribution is 2.27. The maximum Gasteiger partial charge on any atom is 0.158 e. The first-order valence-electron chi connectivity index (χ1n) is 6.33. The van der Waals surface area contributed by atoms with Crippen LogP contribution in [0.25, 0.3) is 6.08 Å². The summed E-state index contributed by atoms with van der Waals surface area (Å²) in [6.45, 7) is 0. The molecule has 0 heterocycles. The highest BCUT2D eigenvalue weighted by atomic mass is 16.5. The molecule has 2 rings (SSSR count). The molecule has 1 aliphatic carbocycles. The monoisotopic (exact) mass is 258 g/mol. The Labute approximate surface area is 113 Å². The number of rotatable bonds is 3. The minimum Gasteiger partial charge on any atom is -0.383 e. The van der Waals surface area contributed by atoms with E-state index in [1.54, 1.807) is 12.2 Å². The topological polar surface area (TPSA) is 46.5 Å². The molecule has 0 radical (unpaired) electrons. The maximum atomic E-state index is 11.5. The van der Waals surface area contributed by atoms with Crippen molar-refractivity contribution in [2.45, 2.75) is 24.5 Å². The van der Waals surface area contributed by atoms with Gasteiger partial charge in [-0.15, -0.1) is 0 Å². The van der Waals surface area contributed by atoms with Crippen molar-refractivity contribution in [3.8, 4) is 0 Å². The summed E-state index contributed by atoms with van der Waals surface area (Å²) < 4.78 is 5.28. The van der Waals surface area contributed by atoms with E-state index in [9.17, 15) is 9.90 Å². The molecule has 0 saturated heterocycles. The van der Waals surface area contributed by atoms with Crippen LogP contribution in [0.1, 0.15) is 18.4 Å². The normalized spacial score (nSPS) is 27.7. The van der Waals surface area contributed by atoms with Crippen LogP contribution in [0.2, 0.25) is 0 Å². The minimum atomic E-state index is -1.15. The molecule has 1 N–H and O–H groups in total. The van der Waals surface area contributed by atoms with Crippen LogP contribution >= 0.6 is 0 Å². The van der Waals surface area contributed by atoms with Gasteiger partial charge in [0.15, 0.2) is 5.78 Å². The maximum absolute atomic E-state index is 11.5. The molecule has 0 saturated carbocycles. The second kappa shape index (κ2) is 5.95. The fourth-order valence-corrected chi connectivity index (χ4v) is 2.21. The van der Waals surface area contributed by atoms with Crippen molar-refractivity contribution in [2.75, 3.05) is 7.11 Å². The van der Waals surface area contributed by atoms with Gasteiger partial charge >= 0.3 is 0 Å². The fraction of sp³-hybridized carbons (Fsp3) is 0.312. The minimum absolute atomic E-state index is 0.0177. The van der Waals surface area contributed by atoms with Crippen LogP contribution in [-0.4, -0.2) is 29.7 Å². The molecule has 1 aromatic rings. The molecule has 0 aliphatic heterocycles. The van der Waals surface area contributed by atoms with Crippen molar-refractivity contribution in [1.82, 2.24) is 0 Å². The van der Waals surface area contributed by atoms with E-state index in [2.05, 4.69) is 0 Å². The van der Waals surface area contributed by atoms with E-state index in [1.165, 1.54) is 13.2 Å². The highest BCUT2D eigenvalue weighted by molar-refractivity contribution is 5.90. The van der Waals surface area contributed by atoms with E-state index < -0.39 is 11.7 Å². The molecule has 100 valence electrons.